The number of aliphatic hydroxyl groups is 1. The number of aliphatic hydroxyl groups excluding tert-OH is 1. The van der Waals surface area contributed by atoms with E-state index in [1.807, 2.05) is 0 Å². The fourth-order valence-corrected chi connectivity index (χ4v) is 1.77. The van der Waals surface area contributed by atoms with E-state index in [0.29, 0.717) is 5.75 Å². The number of hydrogen-bond acceptors (Lipinski definition) is 3. The van der Waals surface area contributed by atoms with E-state index in [9.17, 15) is 13.9 Å². The molecule has 1 unspecified atom stereocenters. The summed E-state index contributed by atoms with van der Waals surface area (Å²) in [5.41, 5.74) is 0.110. The Morgan fingerprint density at radius 3 is 2.78 bits per heavy atom. The van der Waals surface area contributed by atoms with Gasteiger partial charge in [0.15, 0.2) is 17.4 Å². The Kier molecular flexibility index (Phi) is 3.29. The quantitative estimate of drug-likeness (QED) is 0.908. The average molecular weight is 254 g/mol. The summed E-state index contributed by atoms with van der Waals surface area (Å²) in [6.07, 6.45) is 0.0543. The fourth-order valence-electron chi connectivity index (χ4n) is 1.77. The molecule has 0 saturated heterocycles. The number of ether oxygens (including phenoxy) is 1. The van der Waals surface area contributed by atoms with E-state index in [0.717, 1.165) is 6.07 Å². The van der Waals surface area contributed by atoms with E-state index in [4.69, 9.17) is 4.74 Å². The summed E-state index contributed by atoms with van der Waals surface area (Å²) in [6, 6.07) is 3.64. The van der Waals surface area contributed by atoms with Crippen LogP contribution in [-0.2, 0) is 7.05 Å². The fraction of sp³-hybridized carbons (Fsp3) is 0.250. The molecule has 0 spiro atoms. The molecule has 1 aromatic carbocycles. The number of aromatic nitrogens is 2. The van der Waals surface area contributed by atoms with Crippen molar-refractivity contribution in [1.29, 1.82) is 0 Å². The van der Waals surface area contributed by atoms with Gasteiger partial charge in [-0.05, 0) is 6.07 Å². The predicted molar refractivity (Wildman–Crippen MR) is 60.2 cm³/mol. The van der Waals surface area contributed by atoms with Crippen molar-refractivity contribution < 1.29 is 18.6 Å². The molecule has 0 aliphatic carbocycles. The third-order valence-electron chi connectivity index (χ3n) is 2.70. The molecule has 2 rings (SSSR count). The lowest BCUT2D eigenvalue weighted by atomic mass is 10.1. The molecule has 1 aromatic heterocycles. The maximum atomic E-state index is 13.6. The van der Waals surface area contributed by atoms with Gasteiger partial charge >= 0.3 is 0 Å². The highest BCUT2D eigenvalue weighted by Gasteiger charge is 2.24. The first-order chi connectivity index (χ1) is 8.56. The lowest BCUT2D eigenvalue weighted by molar-refractivity contribution is 0.198. The first-order valence-electron chi connectivity index (χ1n) is 5.24. The van der Waals surface area contributed by atoms with E-state index < -0.39 is 17.7 Å². The number of methoxy groups -OCH3 is 1. The van der Waals surface area contributed by atoms with Gasteiger partial charge in [0, 0.05) is 12.6 Å². The molecule has 1 heterocycles. The summed E-state index contributed by atoms with van der Waals surface area (Å²) in [5, 5.41) is 14.0. The minimum atomic E-state index is -1.34. The van der Waals surface area contributed by atoms with Crippen LogP contribution >= 0.6 is 0 Å². The Bertz CT molecular complexity index is 569. The number of benzene rings is 1. The van der Waals surface area contributed by atoms with Crippen LogP contribution in [0.4, 0.5) is 8.78 Å². The summed E-state index contributed by atoms with van der Waals surface area (Å²) >= 11 is 0. The topological polar surface area (TPSA) is 47.3 Å². The van der Waals surface area contributed by atoms with Crippen molar-refractivity contribution in [3.8, 4) is 5.75 Å². The normalized spacial score (nSPS) is 12.5. The molecule has 0 fully saturated rings. The summed E-state index contributed by atoms with van der Waals surface area (Å²) in [4.78, 5) is 0. The summed E-state index contributed by atoms with van der Waals surface area (Å²) < 4.78 is 33.1. The zero-order valence-electron chi connectivity index (χ0n) is 9.89. The summed E-state index contributed by atoms with van der Waals surface area (Å²) in [5.74, 6) is -1.77. The standard InChI is InChI=1S/C12H12F2N2O2/c1-16-11(9(18-2)6-15-16)12(17)7-4-3-5-8(13)10(7)14/h3-6,12,17H,1-2H3. The van der Waals surface area contributed by atoms with Crippen molar-refractivity contribution in [3.05, 3.63) is 47.3 Å². The molecule has 0 aliphatic rings. The van der Waals surface area contributed by atoms with Crippen LogP contribution in [0.3, 0.4) is 0 Å². The van der Waals surface area contributed by atoms with Crippen molar-refractivity contribution in [2.24, 2.45) is 7.05 Å². The van der Waals surface area contributed by atoms with Gasteiger partial charge in [-0.25, -0.2) is 8.78 Å². The van der Waals surface area contributed by atoms with Gasteiger partial charge < -0.3 is 9.84 Å². The third kappa shape index (κ3) is 1.95. The lowest BCUT2D eigenvalue weighted by Gasteiger charge is -2.14. The second kappa shape index (κ2) is 4.73. The molecular formula is C12H12F2N2O2. The maximum Gasteiger partial charge on any atom is 0.165 e. The van der Waals surface area contributed by atoms with Gasteiger partial charge in [-0.2, -0.15) is 5.10 Å². The Hall–Kier alpha value is -1.95. The minimum Gasteiger partial charge on any atom is -0.493 e. The highest BCUT2D eigenvalue weighted by molar-refractivity contribution is 5.35. The summed E-state index contributed by atoms with van der Waals surface area (Å²) in [7, 11) is 2.99. The van der Waals surface area contributed by atoms with Gasteiger partial charge in [0.2, 0.25) is 0 Å². The molecule has 0 radical (unpaired) electrons. The molecule has 96 valence electrons. The number of aryl methyl sites for hydroxylation is 1. The molecule has 0 amide bonds. The number of rotatable bonds is 3. The van der Waals surface area contributed by atoms with Gasteiger partial charge in [-0.1, -0.05) is 12.1 Å². The Morgan fingerprint density at radius 2 is 2.11 bits per heavy atom. The van der Waals surface area contributed by atoms with E-state index in [2.05, 4.69) is 5.10 Å². The second-order valence-electron chi connectivity index (χ2n) is 3.77. The van der Waals surface area contributed by atoms with Crippen LogP contribution < -0.4 is 4.74 Å². The summed E-state index contributed by atoms with van der Waals surface area (Å²) in [6.45, 7) is 0. The molecule has 1 N–H and O–H groups in total. The highest BCUT2D eigenvalue weighted by Crippen LogP contribution is 2.31. The van der Waals surface area contributed by atoms with Crippen LogP contribution in [0.2, 0.25) is 0 Å². The van der Waals surface area contributed by atoms with Crippen LogP contribution in [0.1, 0.15) is 17.4 Å². The molecule has 2 aromatic rings. The molecule has 0 bridgehead atoms. The molecule has 1 atom stereocenters. The van der Waals surface area contributed by atoms with Gasteiger partial charge in [-0.15, -0.1) is 0 Å². The van der Waals surface area contributed by atoms with E-state index >= 15 is 0 Å². The van der Waals surface area contributed by atoms with Crippen molar-refractivity contribution >= 4 is 0 Å². The molecule has 4 nitrogen and oxygen atoms in total. The van der Waals surface area contributed by atoms with Crippen LogP contribution in [0.25, 0.3) is 0 Å². The first kappa shape index (κ1) is 12.5. The van der Waals surface area contributed by atoms with Crippen LogP contribution in [0.15, 0.2) is 24.4 Å². The average Bonchev–Trinajstić information content (AvgIpc) is 2.73. The largest absolute Gasteiger partial charge is 0.493 e. The molecule has 18 heavy (non-hydrogen) atoms. The molecule has 6 heteroatoms. The highest BCUT2D eigenvalue weighted by atomic mass is 19.2. The number of halogens is 2. The number of hydrogen-bond donors (Lipinski definition) is 1. The Morgan fingerprint density at radius 1 is 1.39 bits per heavy atom. The van der Waals surface area contributed by atoms with E-state index in [-0.39, 0.29) is 11.3 Å². The van der Waals surface area contributed by atoms with E-state index in [1.165, 1.54) is 30.1 Å². The van der Waals surface area contributed by atoms with Gasteiger partial charge in [0.1, 0.15) is 11.8 Å². The van der Waals surface area contributed by atoms with Crippen LogP contribution in [0.5, 0.6) is 5.75 Å². The first-order valence-corrected chi connectivity index (χ1v) is 5.24. The predicted octanol–water partition coefficient (Wildman–Crippen LogP) is 1.79. The molecular weight excluding hydrogens is 242 g/mol. The van der Waals surface area contributed by atoms with Crippen molar-refractivity contribution in [2.45, 2.75) is 6.10 Å². The van der Waals surface area contributed by atoms with Gasteiger partial charge in [0.25, 0.3) is 0 Å². The SMILES string of the molecule is COc1cnn(C)c1C(O)c1cccc(F)c1F. The zero-order valence-corrected chi connectivity index (χ0v) is 9.89. The van der Waals surface area contributed by atoms with Crippen molar-refractivity contribution in [1.82, 2.24) is 9.78 Å². The monoisotopic (exact) mass is 254 g/mol. The van der Waals surface area contributed by atoms with Crippen LogP contribution in [0, 0.1) is 11.6 Å². The van der Waals surface area contributed by atoms with Gasteiger partial charge in [0.05, 0.1) is 13.3 Å². The van der Waals surface area contributed by atoms with Crippen molar-refractivity contribution in [2.75, 3.05) is 7.11 Å². The second-order valence-corrected chi connectivity index (χ2v) is 3.77. The minimum absolute atomic E-state index is 0.156. The molecule has 0 aliphatic heterocycles. The van der Waals surface area contributed by atoms with Crippen molar-refractivity contribution in [3.63, 3.8) is 0 Å². The maximum absolute atomic E-state index is 13.6. The number of nitrogens with zero attached hydrogens (tertiary/aromatic N) is 2. The smallest absolute Gasteiger partial charge is 0.165 e. The third-order valence-corrected chi connectivity index (χ3v) is 2.70. The Balaban J connectivity index is 2.51. The zero-order chi connectivity index (χ0) is 13.3. The van der Waals surface area contributed by atoms with Gasteiger partial charge in [-0.3, -0.25) is 4.68 Å². The lowest BCUT2D eigenvalue weighted by Crippen LogP contribution is -2.10. The van der Waals surface area contributed by atoms with E-state index in [1.54, 1.807) is 7.05 Å². The molecule has 0 saturated carbocycles. The Labute approximate surface area is 102 Å². The van der Waals surface area contributed by atoms with Crippen LogP contribution in [-0.4, -0.2) is 22.0 Å².